The minimum absolute atomic E-state index is 0.102. The van der Waals surface area contributed by atoms with Crippen LogP contribution < -0.4 is 0 Å². The van der Waals surface area contributed by atoms with Gasteiger partial charge in [0.1, 0.15) is 6.04 Å². The highest BCUT2D eigenvalue weighted by Crippen LogP contribution is 2.50. The van der Waals surface area contributed by atoms with Crippen LogP contribution in [0.1, 0.15) is 29.5 Å². The quantitative estimate of drug-likeness (QED) is 0.676. The van der Waals surface area contributed by atoms with Crippen molar-refractivity contribution in [2.75, 3.05) is 20.1 Å². The van der Waals surface area contributed by atoms with Gasteiger partial charge in [-0.2, -0.15) is 4.91 Å². The number of rotatable bonds is 1. The summed E-state index contributed by atoms with van der Waals surface area (Å²) in [6, 6.07) is 8.21. The van der Waals surface area contributed by atoms with Crippen LogP contribution in [-0.4, -0.2) is 25.0 Å². The van der Waals surface area contributed by atoms with E-state index in [9.17, 15) is 4.91 Å². The third-order valence-electron chi connectivity index (χ3n) is 4.10. The topological polar surface area (TPSA) is 32.7 Å². The number of fused-ring (bicyclic) bond motifs is 3. The molecule has 0 N–H and O–H groups in total. The molecule has 2 aliphatic rings. The number of hydrogen-bond donors (Lipinski definition) is 0. The van der Waals surface area contributed by atoms with Crippen molar-refractivity contribution in [2.45, 2.75) is 18.4 Å². The van der Waals surface area contributed by atoms with E-state index in [4.69, 9.17) is 0 Å². The van der Waals surface area contributed by atoms with Gasteiger partial charge >= 0.3 is 0 Å². The smallest absolute Gasteiger partial charge is 0.121 e. The van der Waals surface area contributed by atoms with Crippen LogP contribution >= 0.6 is 0 Å². The second-order valence-electron chi connectivity index (χ2n) is 5.00. The number of nitrogens with zero attached hydrogens (tertiary/aromatic N) is 2. The zero-order valence-corrected chi connectivity index (χ0v) is 9.47. The minimum atomic E-state index is -0.102. The molecule has 1 saturated heterocycles. The van der Waals surface area contributed by atoms with E-state index in [-0.39, 0.29) is 6.04 Å². The fourth-order valence-electron chi connectivity index (χ4n) is 3.32. The van der Waals surface area contributed by atoms with Crippen molar-refractivity contribution in [1.82, 2.24) is 4.90 Å². The number of likely N-dealkylation sites (N-methyl/N-ethyl adjacent to an activating group) is 1. The molecule has 0 radical (unpaired) electrons. The first-order valence-electron chi connectivity index (χ1n) is 5.91. The Kier molecular flexibility index (Phi) is 2.28. The first-order valence-corrected chi connectivity index (χ1v) is 5.91. The van der Waals surface area contributed by atoms with Crippen LogP contribution in [0.4, 0.5) is 0 Å². The lowest BCUT2D eigenvalue weighted by molar-refractivity contribution is 0.184. The van der Waals surface area contributed by atoms with E-state index in [0.717, 1.165) is 19.5 Å². The standard InChI is InChI=1S/C13H16N2O/c1-15-7-6-11-12(8-15)9-4-2-3-5-10(9)13(11)14-16/h2-5,11-13H,6-8H2,1H3/t11-,12-,13?/m0/s1. The third kappa shape index (κ3) is 1.31. The Bertz CT molecular complexity index is 418. The van der Waals surface area contributed by atoms with Gasteiger partial charge in [0.05, 0.1) is 0 Å². The average molecular weight is 216 g/mol. The SMILES string of the molecule is CN1CC[C@@H]2C(N=O)c3ccccc3[C@@H]2C1. The summed E-state index contributed by atoms with van der Waals surface area (Å²) in [4.78, 5) is 13.4. The molecular formula is C13H16N2O. The maximum absolute atomic E-state index is 11.0. The molecule has 3 nitrogen and oxygen atoms in total. The Morgan fingerprint density at radius 1 is 1.31 bits per heavy atom. The van der Waals surface area contributed by atoms with Gasteiger partial charge in [0.15, 0.2) is 0 Å². The molecule has 3 rings (SSSR count). The van der Waals surface area contributed by atoms with Crippen molar-refractivity contribution in [3.05, 3.63) is 40.3 Å². The lowest BCUT2D eigenvalue weighted by atomic mass is 9.85. The molecule has 0 saturated carbocycles. The summed E-state index contributed by atoms with van der Waals surface area (Å²) in [5.41, 5.74) is 2.52. The molecule has 3 heteroatoms. The van der Waals surface area contributed by atoms with E-state index in [0.29, 0.717) is 11.8 Å². The molecule has 84 valence electrons. The van der Waals surface area contributed by atoms with Gasteiger partial charge < -0.3 is 4.90 Å². The molecule has 0 spiro atoms. The number of piperidine rings is 1. The van der Waals surface area contributed by atoms with Gasteiger partial charge in [0.25, 0.3) is 0 Å². The van der Waals surface area contributed by atoms with Crippen LogP contribution in [0.5, 0.6) is 0 Å². The van der Waals surface area contributed by atoms with Gasteiger partial charge in [-0.15, -0.1) is 0 Å². The molecule has 3 atom stereocenters. The van der Waals surface area contributed by atoms with Crippen molar-refractivity contribution >= 4 is 0 Å². The third-order valence-corrected chi connectivity index (χ3v) is 4.10. The first kappa shape index (κ1) is 9.97. The van der Waals surface area contributed by atoms with Crippen molar-refractivity contribution < 1.29 is 0 Å². The second kappa shape index (κ2) is 3.67. The highest BCUT2D eigenvalue weighted by atomic mass is 16.3. The van der Waals surface area contributed by atoms with Gasteiger partial charge in [0.2, 0.25) is 0 Å². The molecule has 16 heavy (non-hydrogen) atoms. The number of likely N-dealkylation sites (tertiary alicyclic amines) is 1. The molecule has 1 heterocycles. The molecular weight excluding hydrogens is 200 g/mol. The number of benzene rings is 1. The maximum atomic E-state index is 11.0. The van der Waals surface area contributed by atoms with E-state index in [1.807, 2.05) is 6.07 Å². The monoisotopic (exact) mass is 216 g/mol. The predicted molar refractivity (Wildman–Crippen MR) is 63.3 cm³/mol. The second-order valence-corrected chi connectivity index (χ2v) is 5.00. The molecule has 1 aliphatic heterocycles. The Morgan fingerprint density at radius 2 is 2.06 bits per heavy atom. The summed E-state index contributed by atoms with van der Waals surface area (Å²) in [5, 5.41) is 3.37. The lowest BCUT2D eigenvalue weighted by Crippen LogP contribution is -2.35. The molecule has 0 amide bonds. The number of nitroso groups, excluding NO2 is 1. The summed E-state index contributed by atoms with van der Waals surface area (Å²) < 4.78 is 0. The van der Waals surface area contributed by atoms with Crippen molar-refractivity contribution in [2.24, 2.45) is 11.1 Å². The van der Waals surface area contributed by atoms with E-state index < -0.39 is 0 Å². The van der Waals surface area contributed by atoms with E-state index in [1.165, 1.54) is 11.1 Å². The van der Waals surface area contributed by atoms with E-state index in [1.54, 1.807) is 0 Å². The summed E-state index contributed by atoms with van der Waals surface area (Å²) in [6.45, 7) is 2.15. The summed E-state index contributed by atoms with van der Waals surface area (Å²) in [7, 11) is 2.15. The maximum Gasteiger partial charge on any atom is 0.121 e. The summed E-state index contributed by atoms with van der Waals surface area (Å²) in [6.07, 6.45) is 1.09. The van der Waals surface area contributed by atoms with Crippen LogP contribution in [0.2, 0.25) is 0 Å². The molecule has 1 unspecified atom stereocenters. The van der Waals surface area contributed by atoms with Gasteiger partial charge in [-0.25, -0.2) is 0 Å². The van der Waals surface area contributed by atoms with Crippen LogP contribution in [-0.2, 0) is 0 Å². The molecule has 0 aromatic heterocycles. The Hall–Kier alpha value is -1.22. The molecule has 1 aromatic rings. The Labute approximate surface area is 95.4 Å². The van der Waals surface area contributed by atoms with Gasteiger partial charge in [-0.1, -0.05) is 29.4 Å². The van der Waals surface area contributed by atoms with Crippen LogP contribution in [0, 0.1) is 10.8 Å². The molecule has 1 aliphatic carbocycles. The molecule has 1 aromatic carbocycles. The average Bonchev–Trinajstić information content (AvgIpc) is 2.62. The van der Waals surface area contributed by atoms with Crippen molar-refractivity contribution in [3.8, 4) is 0 Å². The zero-order chi connectivity index (χ0) is 11.1. The van der Waals surface area contributed by atoms with Crippen molar-refractivity contribution in [1.29, 1.82) is 0 Å². The van der Waals surface area contributed by atoms with Crippen molar-refractivity contribution in [3.63, 3.8) is 0 Å². The zero-order valence-electron chi connectivity index (χ0n) is 9.47. The Balaban J connectivity index is 2.05. The van der Waals surface area contributed by atoms with Gasteiger partial charge in [-0.3, -0.25) is 0 Å². The molecule has 1 fully saturated rings. The summed E-state index contributed by atoms with van der Waals surface area (Å²) in [5.74, 6) is 0.948. The molecule has 0 bridgehead atoms. The number of hydrogen-bond acceptors (Lipinski definition) is 3. The predicted octanol–water partition coefficient (Wildman–Crippen LogP) is 2.54. The lowest BCUT2D eigenvalue weighted by Gasteiger charge is -2.33. The highest BCUT2D eigenvalue weighted by molar-refractivity contribution is 5.40. The van der Waals surface area contributed by atoms with Crippen LogP contribution in [0.3, 0.4) is 0 Å². The largest absolute Gasteiger partial charge is 0.306 e. The fourth-order valence-corrected chi connectivity index (χ4v) is 3.32. The van der Waals surface area contributed by atoms with Crippen LogP contribution in [0.15, 0.2) is 29.4 Å². The first-order chi connectivity index (χ1) is 7.81. The fraction of sp³-hybridized carbons (Fsp3) is 0.538. The van der Waals surface area contributed by atoms with Crippen LogP contribution in [0.25, 0.3) is 0 Å². The normalized spacial score (nSPS) is 33.2. The summed E-state index contributed by atoms with van der Waals surface area (Å²) >= 11 is 0. The van der Waals surface area contributed by atoms with E-state index >= 15 is 0 Å². The minimum Gasteiger partial charge on any atom is -0.306 e. The highest BCUT2D eigenvalue weighted by Gasteiger charge is 2.43. The van der Waals surface area contributed by atoms with Gasteiger partial charge in [0, 0.05) is 12.5 Å². The Morgan fingerprint density at radius 3 is 2.81 bits per heavy atom. The van der Waals surface area contributed by atoms with Gasteiger partial charge in [-0.05, 0) is 37.1 Å². The van der Waals surface area contributed by atoms with E-state index in [2.05, 4.69) is 35.3 Å².